The fourth-order valence-electron chi connectivity index (χ4n) is 2.54. The summed E-state index contributed by atoms with van der Waals surface area (Å²) in [6.07, 6.45) is 0.833. The van der Waals surface area contributed by atoms with E-state index in [-0.39, 0.29) is 0 Å². The van der Waals surface area contributed by atoms with Gasteiger partial charge in [0.15, 0.2) is 5.69 Å². The fraction of sp³-hybridized carbons (Fsp3) is 0.286. The van der Waals surface area contributed by atoms with E-state index in [1.165, 1.54) is 0 Å². The standard InChI is InChI=1S/C14H15ClN4O/c15-11-4-2-1-3-9(11)8-19-12-5-6-17-7-10(12)13(18-19)14(16)20/h1-4,17H,5-8H2,(H2,16,20). The first kappa shape index (κ1) is 13.1. The van der Waals surface area contributed by atoms with Crippen LogP contribution in [0.5, 0.6) is 0 Å². The van der Waals surface area contributed by atoms with Crippen LogP contribution in [-0.4, -0.2) is 22.2 Å². The van der Waals surface area contributed by atoms with Gasteiger partial charge in [-0.1, -0.05) is 29.8 Å². The van der Waals surface area contributed by atoms with Crippen LogP contribution in [0.25, 0.3) is 0 Å². The molecule has 2 heterocycles. The normalized spacial score (nSPS) is 14.1. The Morgan fingerprint density at radius 3 is 3.00 bits per heavy atom. The van der Waals surface area contributed by atoms with Crippen molar-refractivity contribution in [2.75, 3.05) is 6.54 Å². The van der Waals surface area contributed by atoms with Crippen LogP contribution in [0.3, 0.4) is 0 Å². The van der Waals surface area contributed by atoms with Gasteiger partial charge in [0.2, 0.25) is 0 Å². The quantitative estimate of drug-likeness (QED) is 0.896. The van der Waals surface area contributed by atoms with Gasteiger partial charge in [0, 0.05) is 35.8 Å². The first-order valence-corrected chi connectivity index (χ1v) is 6.87. The molecule has 0 spiro atoms. The van der Waals surface area contributed by atoms with Crippen LogP contribution in [0, 0.1) is 0 Å². The lowest BCUT2D eigenvalue weighted by Crippen LogP contribution is -2.26. The van der Waals surface area contributed by atoms with Gasteiger partial charge in [-0.15, -0.1) is 0 Å². The number of hydrogen-bond acceptors (Lipinski definition) is 3. The van der Waals surface area contributed by atoms with Crippen LogP contribution in [0.4, 0.5) is 0 Å². The molecule has 0 atom stereocenters. The first-order valence-electron chi connectivity index (χ1n) is 6.49. The molecule has 20 heavy (non-hydrogen) atoms. The Morgan fingerprint density at radius 2 is 2.25 bits per heavy atom. The molecule has 6 heteroatoms. The number of nitrogens with two attached hydrogens (primary N) is 1. The molecule has 1 aromatic heterocycles. The summed E-state index contributed by atoms with van der Waals surface area (Å²) in [5.74, 6) is -0.483. The Kier molecular flexibility index (Phi) is 3.46. The molecule has 1 aromatic carbocycles. The molecule has 0 saturated heterocycles. The summed E-state index contributed by atoms with van der Waals surface area (Å²) in [4.78, 5) is 11.5. The molecule has 3 N–H and O–H groups in total. The van der Waals surface area contributed by atoms with Gasteiger partial charge in [-0.25, -0.2) is 0 Å². The lowest BCUT2D eigenvalue weighted by atomic mass is 10.1. The number of fused-ring (bicyclic) bond motifs is 1. The number of nitrogens with one attached hydrogen (secondary N) is 1. The molecule has 1 aliphatic heterocycles. The van der Waals surface area contributed by atoms with E-state index in [0.29, 0.717) is 23.8 Å². The van der Waals surface area contributed by atoms with Gasteiger partial charge in [-0.2, -0.15) is 5.10 Å². The second-order valence-electron chi connectivity index (χ2n) is 4.81. The van der Waals surface area contributed by atoms with Crippen LogP contribution in [0.2, 0.25) is 5.02 Å². The third-order valence-corrected chi connectivity index (χ3v) is 3.89. The van der Waals surface area contributed by atoms with Crippen molar-refractivity contribution in [2.45, 2.75) is 19.5 Å². The summed E-state index contributed by atoms with van der Waals surface area (Å²) in [5, 5.41) is 8.31. The number of rotatable bonds is 3. The highest BCUT2D eigenvalue weighted by Crippen LogP contribution is 2.22. The van der Waals surface area contributed by atoms with Crippen molar-refractivity contribution in [1.82, 2.24) is 15.1 Å². The number of nitrogens with zero attached hydrogens (tertiary/aromatic N) is 2. The molecular weight excluding hydrogens is 276 g/mol. The van der Waals surface area contributed by atoms with Gasteiger partial charge in [-0.3, -0.25) is 9.48 Å². The number of carbonyl (C=O) groups excluding carboxylic acids is 1. The van der Waals surface area contributed by atoms with Gasteiger partial charge in [-0.05, 0) is 11.6 Å². The fourth-order valence-corrected chi connectivity index (χ4v) is 2.73. The monoisotopic (exact) mass is 290 g/mol. The minimum absolute atomic E-state index is 0.360. The largest absolute Gasteiger partial charge is 0.364 e. The average Bonchev–Trinajstić information content (AvgIpc) is 2.81. The lowest BCUT2D eigenvalue weighted by molar-refractivity contribution is 0.0994. The maximum absolute atomic E-state index is 11.5. The summed E-state index contributed by atoms with van der Waals surface area (Å²) in [5.41, 5.74) is 8.73. The van der Waals surface area contributed by atoms with E-state index >= 15 is 0 Å². The Bertz CT molecular complexity index is 665. The minimum Gasteiger partial charge on any atom is -0.364 e. The van der Waals surface area contributed by atoms with Crippen LogP contribution in [0.1, 0.15) is 27.3 Å². The molecule has 0 fully saturated rings. The van der Waals surface area contributed by atoms with Crippen molar-refractivity contribution in [3.05, 3.63) is 51.8 Å². The van der Waals surface area contributed by atoms with E-state index in [9.17, 15) is 4.79 Å². The number of hydrogen-bond donors (Lipinski definition) is 2. The molecular formula is C14H15ClN4O. The third kappa shape index (κ3) is 2.30. The molecule has 0 radical (unpaired) electrons. The van der Waals surface area contributed by atoms with E-state index in [1.807, 2.05) is 28.9 Å². The highest BCUT2D eigenvalue weighted by atomic mass is 35.5. The Morgan fingerprint density at radius 1 is 1.45 bits per heavy atom. The molecule has 3 rings (SSSR count). The van der Waals surface area contributed by atoms with Gasteiger partial charge in [0.1, 0.15) is 0 Å². The van der Waals surface area contributed by atoms with E-state index in [0.717, 1.165) is 29.8 Å². The Balaban J connectivity index is 2.02. The van der Waals surface area contributed by atoms with Crippen LogP contribution >= 0.6 is 11.6 Å². The summed E-state index contributed by atoms with van der Waals surface area (Å²) in [6, 6.07) is 7.64. The molecule has 0 bridgehead atoms. The molecule has 5 nitrogen and oxygen atoms in total. The smallest absolute Gasteiger partial charge is 0.269 e. The van der Waals surface area contributed by atoms with Crippen molar-refractivity contribution in [3.8, 4) is 0 Å². The summed E-state index contributed by atoms with van der Waals surface area (Å²) in [7, 11) is 0. The van der Waals surface area contributed by atoms with E-state index in [4.69, 9.17) is 17.3 Å². The van der Waals surface area contributed by atoms with Crippen molar-refractivity contribution in [2.24, 2.45) is 5.73 Å². The number of primary amides is 1. The zero-order valence-corrected chi connectivity index (χ0v) is 11.7. The highest BCUT2D eigenvalue weighted by Gasteiger charge is 2.23. The Hall–Kier alpha value is -1.85. The van der Waals surface area contributed by atoms with Crippen LogP contribution < -0.4 is 11.1 Å². The molecule has 0 aliphatic carbocycles. The number of carbonyl (C=O) groups is 1. The number of halogens is 1. The summed E-state index contributed by atoms with van der Waals surface area (Å²) < 4.78 is 1.84. The number of benzene rings is 1. The van der Waals surface area contributed by atoms with Crippen LogP contribution in [0.15, 0.2) is 24.3 Å². The van der Waals surface area contributed by atoms with Crippen molar-refractivity contribution >= 4 is 17.5 Å². The molecule has 104 valence electrons. The van der Waals surface area contributed by atoms with Crippen molar-refractivity contribution in [3.63, 3.8) is 0 Å². The third-order valence-electron chi connectivity index (χ3n) is 3.52. The van der Waals surface area contributed by atoms with Gasteiger partial charge < -0.3 is 11.1 Å². The summed E-state index contributed by atoms with van der Waals surface area (Å²) >= 11 is 6.18. The topological polar surface area (TPSA) is 72.9 Å². The zero-order valence-electron chi connectivity index (χ0n) is 10.9. The summed E-state index contributed by atoms with van der Waals surface area (Å²) in [6.45, 7) is 2.06. The second kappa shape index (κ2) is 5.26. The average molecular weight is 291 g/mol. The molecule has 0 unspecified atom stereocenters. The second-order valence-corrected chi connectivity index (χ2v) is 5.22. The van der Waals surface area contributed by atoms with Crippen LogP contribution in [-0.2, 0) is 19.5 Å². The highest BCUT2D eigenvalue weighted by molar-refractivity contribution is 6.31. The van der Waals surface area contributed by atoms with Gasteiger partial charge in [0.25, 0.3) is 5.91 Å². The molecule has 0 saturated carbocycles. The molecule has 1 aliphatic rings. The van der Waals surface area contributed by atoms with E-state index in [1.54, 1.807) is 0 Å². The number of amides is 1. The van der Waals surface area contributed by atoms with E-state index in [2.05, 4.69) is 10.4 Å². The maximum Gasteiger partial charge on any atom is 0.269 e. The van der Waals surface area contributed by atoms with Crippen molar-refractivity contribution < 1.29 is 4.79 Å². The predicted octanol–water partition coefficient (Wildman–Crippen LogP) is 1.33. The molecule has 2 aromatic rings. The van der Waals surface area contributed by atoms with E-state index < -0.39 is 5.91 Å². The zero-order chi connectivity index (χ0) is 14.1. The first-order chi connectivity index (χ1) is 9.66. The Labute approximate surface area is 121 Å². The van der Waals surface area contributed by atoms with Gasteiger partial charge >= 0.3 is 0 Å². The molecule has 1 amide bonds. The SMILES string of the molecule is NC(=O)c1nn(Cc2ccccc2Cl)c2c1CNCC2. The minimum atomic E-state index is -0.483. The maximum atomic E-state index is 11.5. The van der Waals surface area contributed by atoms with Gasteiger partial charge in [0.05, 0.1) is 6.54 Å². The number of aromatic nitrogens is 2. The van der Waals surface area contributed by atoms with Crippen molar-refractivity contribution in [1.29, 1.82) is 0 Å². The predicted molar refractivity (Wildman–Crippen MR) is 76.7 cm³/mol. The lowest BCUT2D eigenvalue weighted by Gasteiger charge is -2.15.